The van der Waals surface area contributed by atoms with Gasteiger partial charge in [-0.3, -0.25) is 9.59 Å². The highest BCUT2D eigenvalue weighted by atomic mass is 32.1. The van der Waals surface area contributed by atoms with Crippen LogP contribution in [0.3, 0.4) is 0 Å². The molecule has 0 radical (unpaired) electrons. The van der Waals surface area contributed by atoms with Crippen LogP contribution in [0.4, 0.5) is 11.4 Å². The number of anilines is 2. The number of amides is 1. The van der Waals surface area contributed by atoms with Gasteiger partial charge < -0.3 is 10.2 Å². The molecule has 1 aliphatic heterocycles. The SMILES string of the molecule is CN(CCc1cccs1)c1ccc2c(c1)NC(=O)C2=O. The topological polar surface area (TPSA) is 49.4 Å². The number of nitrogens with one attached hydrogen (secondary N) is 1. The molecule has 2 aromatic rings. The number of ketones is 1. The molecule has 0 fully saturated rings. The number of benzene rings is 1. The van der Waals surface area contributed by atoms with Crippen LogP contribution in [0.15, 0.2) is 35.7 Å². The summed E-state index contributed by atoms with van der Waals surface area (Å²) in [5.74, 6) is -0.994. The van der Waals surface area contributed by atoms with Crippen LogP contribution in [0.5, 0.6) is 0 Å². The highest BCUT2D eigenvalue weighted by Crippen LogP contribution is 2.28. The van der Waals surface area contributed by atoms with Crippen LogP contribution in [-0.2, 0) is 11.2 Å². The summed E-state index contributed by atoms with van der Waals surface area (Å²) in [4.78, 5) is 26.3. The van der Waals surface area contributed by atoms with Crippen molar-refractivity contribution in [3.63, 3.8) is 0 Å². The van der Waals surface area contributed by atoms with Crippen molar-refractivity contribution in [3.05, 3.63) is 46.2 Å². The molecule has 1 aromatic carbocycles. The molecule has 2 heterocycles. The molecule has 20 heavy (non-hydrogen) atoms. The normalized spacial score (nSPS) is 13.2. The van der Waals surface area contributed by atoms with Gasteiger partial charge in [0.05, 0.1) is 11.3 Å². The summed E-state index contributed by atoms with van der Waals surface area (Å²) in [6, 6.07) is 9.63. The molecule has 4 nitrogen and oxygen atoms in total. The number of hydrogen-bond donors (Lipinski definition) is 1. The first-order chi connectivity index (χ1) is 9.65. The number of rotatable bonds is 4. The smallest absolute Gasteiger partial charge is 0.296 e. The molecule has 5 heteroatoms. The Morgan fingerprint density at radius 1 is 1.25 bits per heavy atom. The van der Waals surface area contributed by atoms with Crippen molar-refractivity contribution in [3.8, 4) is 0 Å². The molecule has 0 unspecified atom stereocenters. The monoisotopic (exact) mass is 286 g/mol. The van der Waals surface area contributed by atoms with Crippen LogP contribution >= 0.6 is 11.3 Å². The van der Waals surface area contributed by atoms with Crippen molar-refractivity contribution in [1.29, 1.82) is 0 Å². The van der Waals surface area contributed by atoms with Gasteiger partial charge in [0.25, 0.3) is 11.7 Å². The molecule has 1 N–H and O–H groups in total. The van der Waals surface area contributed by atoms with E-state index >= 15 is 0 Å². The van der Waals surface area contributed by atoms with Crippen LogP contribution < -0.4 is 10.2 Å². The fourth-order valence-electron chi connectivity index (χ4n) is 2.23. The van der Waals surface area contributed by atoms with Crippen molar-refractivity contribution in [2.75, 3.05) is 23.8 Å². The number of likely N-dealkylation sites (N-methyl/N-ethyl adjacent to an activating group) is 1. The van der Waals surface area contributed by atoms with Crippen LogP contribution in [0, 0.1) is 0 Å². The van der Waals surface area contributed by atoms with E-state index in [2.05, 4.69) is 27.7 Å². The Bertz CT molecular complexity index is 665. The second kappa shape index (κ2) is 5.09. The fraction of sp³-hybridized carbons (Fsp3) is 0.200. The Labute approximate surface area is 121 Å². The number of Topliss-reactive ketones (excluding diaryl/α,β-unsaturated/α-hetero) is 1. The summed E-state index contributed by atoms with van der Waals surface area (Å²) >= 11 is 1.75. The van der Waals surface area contributed by atoms with E-state index in [9.17, 15) is 9.59 Å². The first-order valence-electron chi connectivity index (χ1n) is 6.38. The largest absolute Gasteiger partial charge is 0.374 e. The summed E-state index contributed by atoms with van der Waals surface area (Å²) < 4.78 is 0. The molecule has 0 atom stereocenters. The van der Waals surface area contributed by atoms with E-state index in [4.69, 9.17) is 0 Å². The lowest BCUT2D eigenvalue weighted by Gasteiger charge is -2.19. The van der Waals surface area contributed by atoms with Crippen LogP contribution in [0.25, 0.3) is 0 Å². The number of carbonyl (C=O) groups is 2. The van der Waals surface area contributed by atoms with E-state index in [1.54, 1.807) is 17.4 Å². The van der Waals surface area contributed by atoms with E-state index in [1.165, 1.54) is 4.88 Å². The second-order valence-electron chi connectivity index (χ2n) is 4.76. The Morgan fingerprint density at radius 2 is 2.10 bits per heavy atom. The van der Waals surface area contributed by atoms with Gasteiger partial charge in [-0.05, 0) is 36.1 Å². The zero-order valence-electron chi connectivity index (χ0n) is 11.1. The van der Waals surface area contributed by atoms with Gasteiger partial charge in [0, 0.05) is 24.2 Å². The third kappa shape index (κ3) is 2.32. The van der Waals surface area contributed by atoms with E-state index in [1.807, 2.05) is 19.2 Å². The number of carbonyl (C=O) groups excluding carboxylic acids is 2. The molecule has 0 saturated heterocycles. The van der Waals surface area contributed by atoms with Crippen molar-refractivity contribution in [2.24, 2.45) is 0 Å². The average molecular weight is 286 g/mol. The van der Waals surface area contributed by atoms with Crippen molar-refractivity contribution < 1.29 is 9.59 Å². The number of thiophene rings is 1. The van der Waals surface area contributed by atoms with Gasteiger partial charge in [-0.1, -0.05) is 6.07 Å². The molecular weight excluding hydrogens is 272 g/mol. The molecule has 0 aliphatic carbocycles. The van der Waals surface area contributed by atoms with Gasteiger partial charge in [0.1, 0.15) is 0 Å². The Morgan fingerprint density at radius 3 is 2.85 bits per heavy atom. The summed E-state index contributed by atoms with van der Waals surface area (Å²) in [5.41, 5.74) is 2.07. The average Bonchev–Trinajstić information content (AvgIpc) is 3.05. The maximum Gasteiger partial charge on any atom is 0.296 e. The summed E-state index contributed by atoms with van der Waals surface area (Å²) in [7, 11) is 2.01. The molecule has 1 amide bonds. The van der Waals surface area contributed by atoms with Gasteiger partial charge in [-0.15, -0.1) is 11.3 Å². The minimum absolute atomic E-state index is 0.451. The summed E-state index contributed by atoms with van der Waals surface area (Å²) in [5, 5.41) is 4.67. The summed E-state index contributed by atoms with van der Waals surface area (Å²) in [6.07, 6.45) is 0.983. The zero-order chi connectivity index (χ0) is 14.1. The molecule has 1 aromatic heterocycles. The van der Waals surface area contributed by atoms with Crippen LogP contribution in [0.1, 0.15) is 15.2 Å². The molecule has 0 bridgehead atoms. The fourth-order valence-corrected chi connectivity index (χ4v) is 2.93. The van der Waals surface area contributed by atoms with Gasteiger partial charge in [0.2, 0.25) is 0 Å². The highest BCUT2D eigenvalue weighted by molar-refractivity contribution is 7.09. The maximum atomic E-state index is 11.5. The molecule has 0 spiro atoms. The Kier molecular flexibility index (Phi) is 3.28. The third-order valence-corrected chi connectivity index (χ3v) is 4.35. The number of fused-ring (bicyclic) bond motifs is 1. The van der Waals surface area contributed by atoms with Crippen molar-refractivity contribution in [1.82, 2.24) is 0 Å². The van der Waals surface area contributed by atoms with Crippen LogP contribution in [0.2, 0.25) is 0 Å². The van der Waals surface area contributed by atoms with Gasteiger partial charge in [-0.25, -0.2) is 0 Å². The molecule has 3 rings (SSSR count). The number of nitrogens with zero attached hydrogens (tertiary/aromatic N) is 1. The van der Waals surface area contributed by atoms with E-state index in [-0.39, 0.29) is 0 Å². The quantitative estimate of drug-likeness (QED) is 0.879. The highest BCUT2D eigenvalue weighted by Gasteiger charge is 2.28. The molecule has 102 valence electrons. The van der Waals surface area contributed by atoms with Gasteiger partial charge in [0.15, 0.2) is 0 Å². The zero-order valence-corrected chi connectivity index (χ0v) is 11.9. The predicted molar refractivity (Wildman–Crippen MR) is 80.7 cm³/mol. The molecular formula is C15H14N2O2S. The minimum atomic E-state index is -0.543. The van der Waals surface area contributed by atoms with Crippen molar-refractivity contribution >= 4 is 34.4 Å². The van der Waals surface area contributed by atoms with E-state index in [0.717, 1.165) is 18.7 Å². The van der Waals surface area contributed by atoms with Gasteiger partial charge in [-0.2, -0.15) is 0 Å². The summed E-state index contributed by atoms with van der Waals surface area (Å²) in [6.45, 7) is 0.890. The lowest BCUT2D eigenvalue weighted by Crippen LogP contribution is -2.20. The van der Waals surface area contributed by atoms with E-state index < -0.39 is 11.7 Å². The Balaban J connectivity index is 1.73. The standard InChI is InChI=1S/C15H14N2O2S/c1-17(7-6-11-3-2-8-20-11)10-4-5-12-13(9-10)16-15(19)14(12)18/h2-5,8-9H,6-7H2,1H3,(H,16,18,19). The van der Waals surface area contributed by atoms with Crippen LogP contribution in [-0.4, -0.2) is 25.3 Å². The predicted octanol–water partition coefficient (Wildman–Crippen LogP) is 2.56. The van der Waals surface area contributed by atoms with E-state index in [0.29, 0.717) is 11.3 Å². The lowest BCUT2D eigenvalue weighted by molar-refractivity contribution is -0.112. The molecule has 0 saturated carbocycles. The second-order valence-corrected chi connectivity index (χ2v) is 5.80. The molecule has 1 aliphatic rings. The van der Waals surface area contributed by atoms with Gasteiger partial charge >= 0.3 is 0 Å². The lowest BCUT2D eigenvalue weighted by atomic mass is 10.1. The van der Waals surface area contributed by atoms with Crippen molar-refractivity contribution in [2.45, 2.75) is 6.42 Å². The third-order valence-electron chi connectivity index (χ3n) is 3.42. The first kappa shape index (κ1) is 12.9. The maximum absolute atomic E-state index is 11.5. The first-order valence-corrected chi connectivity index (χ1v) is 7.26. The number of hydrogen-bond acceptors (Lipinski definition) is 4. The minimum Gasteiger partial charge on any atom is -0.374 e. The Hall–Kier alpha value is -2.14.